The summed E-state index contributed by atoms with van der Waals surface area (Å²) < 4.78 is 6.58. The van der Waals surface area contributed by atoms with Gasteiger partial charge < -0.3 is 10.1 Å². The number of thiocarbonyl (C=S) groups is 1. The van der Waals surface area contributed by atoms with E-state index in [0.717, 1.165) is 10.0 Å². The Kier molecular flexibility index (Phi) is 7.03. The van der Waals surface area contributed by atoms with Gasteiger partial charge in [0.1, 0.15) is 12.4 Å². The third kappa shape index (κ3) is 5.79. The van der Waals surface area contributed by atoms with Crippen molar-refractivity contribution >= 4 is 56.5 Å². The predicted octanol–water partition coefficient (Wildman–Crippen LogP) is 5.81. The van der Waals surface area contributed by atoms with Crippen molar-refractivity contribution in [3.63, 3.8) is 0 Å². The average Bonchev–Trinajstić information content (AvgIpc) is 2.69. The number of rotatable bonds is 5. The molecule has 0 aliphatic carbocycles. The highest BCUT2D eigenvalue weighted by Crippen LogP contribution is 2.25. The van der Waals surface area contributed by atoms with Crippen molar-refractivity contribution in [2.75, 3.05) is 5.32 Å². The van der Waals surface area contributed by atoms with E-state index in [-0.39, 0.29) is 11.0 Å². The van der Waals surface area contributed by atoms with Crippen molar-refractivity contribution in [2.45, 2.75) is 6.61 Å². The SMILES string of the molecule is O=C(NC(=S)Nc1ccc(Br)cc1Cl)c1ccc(OCc2ccccc2)cc1. The molecule has 3 rings (SSSR count). The molecule has 3 aromatic rings. The van der Waals surface area contributed by atoms with Crippen LogP contribution in [0.5, 0.6) is 5.75 Å². The summed E-state index contributed by atoms with van der Waals surface area (Å²) >= 11 is 14.7. The maximum Gasteiger partial charge on any atom is 0.257 e. The van der Waals surface area contributed by atoms with Gasteiger partial charge in [0.25, 0.3) is 5.91 Å². The Bertz CT molecular complexity index is 981. The molecule has 0 saturated carbocycles. The van der Waals surface area contributed by atoms with Crippen molar-refractivity contribution in [3.05, 3.63) is 93.4 Å². The molecular formula is C21H16BrClN2O2S. The first-order valence-electron chi connectivity index (χ1n) is 8.35. The molecule has 4 nitrogen and oxygen atoms in total. The number of hydrogen-bond donors (Lipinski definition) is 2. The van der Waals surface area contributed by atoms with E-state index in [4.69, 9.17) is 28.6 Å². The fraction of sp³-hybridized carbons (Fsp3) is 0.0476. The second-order valence-corrected chi connectivity index (χ2v) is 7.56. The highest BCUT2D eigenvalue weighted by Gasteiger charge is 2.10. The van der Waals surface area contributed by atoms with Crippen LogP contribution in [0.4, 0.5) is 5.69 Å². The van der Waals surface area contributed by atoms with E-state index in [1.54, 1.807) is 36.4 Å². The van der Waals surface area contributed by atoms with Crippen molar-refractivity contribution in [1.82, 2.24) is 5.32 Å². The van der Waals surface area contributed by atoms with E-state index in [1.807, 2.05) is 36.4 Å². The van der Waals surface area contributed by atoms with Crippen LogP contribution >= 0.6 is 39.7 Å². The molecule has 0 heterocycles. The first kappa shape index (κ1) is 20.3. The summed E-state index contributed by atoms with van der Waals surface area (Å²) in [7, 11) is 0. The van der Waals surface area contributed by atoms with E-state index in [2.05, 4.69) is 26.6 Å². The summed E-state index contributed by atoms with van der Waals surface area (Å²) in [5, 5.41) is 6.20. The fourth-order valence-corrected chi connectivity index (χ4v) is 3.29. The molecule has 0 saturated heterocycles. The highest BCUT2D eigenvalue weighted by atomic mass is 79.9. The zero-order valence-electron chi connectivity index (χ0n) is 14.6. The van der Waals surface area contributed by atoms with Crippen LogP contribution in [0.15, 0.2) is 77.3 Å². The van der Waals surface area contributed by atoms with Crippen molar-refractivity contribution in [1.29, 1.82) is 0 Å². The minimum atomic E-state index is -0.319. The lowest BCUT2D eigenvalue weighted by Gasteiger charge is -2.11. The third-order valence-electron chi connectivity index (χ3n) is 3.77. The number of carbonyl (C=O) groups is 1. The number of halogens is 2. The Balaban J connectivity index is 1.54. The Morgan fingerprint density at radius 3 is 2.43 bits per heavy atom. The number of ether oxygens (including phenoxy) is 1. The van der Waals surface area contributed by atoms with Crippen LogP contribution in [0.2, 0.25) is 5.02 Å². The summed E-state index contributed by atoms with van der Waals surface area (Å²) in [5.74, 6) is 0.364. The van der Waals surface area contributed by atoms with Crippen LogP contribution < -0.4 is 15.4 Å². The lowest BCUT2D eigenvalue weighted by Crippen LogP contribution is -2.34. The minimum absolute atomic E-state index is 0.165. The van der Waals surface area contributed by atoms with E-state index in [0.29, 0.717) is 28.6 Å². The Hall–Kier alpha value is -2.41. The number of hydrogen-bond acceptors (Lipinski definition) is 3. The van der Waals surface area contributed by atoms with Gasteiger partial charge in [-0.05, 0) is 60.2 Å². The van der Waals surface area contributed by atoms with Crippen molar-refractivity contribution < 1.29 is 9.53 Å². The second kappa shape index (κ2) is 9.68. The molecule has 0 bridgehead atoms. The zero-order valence-corrected chi connectivity index (χ0v) is 17.8. The van der Waals surface area contributed by atoms with Gasteiger partial charge in [-0.3, -0.25) is 10.1 Å². The average molecular weight is 476 g/mol. The summed E-state index contributed by atoms with van der Waals surface area (Å²) in [6, 6.07) is 22.1. The Morgan fingerprint density at radius 2 is 1.75 bits per heavy atom. The molecule has 0 spiro atoms. The standard InChI is InChI=1S/C21H16BrClN2O2S/c22-16-8-11-19(18(23)12-16)24-21(28)25-20(26)15-6-9-17(10-7-15)27-13-14-4-2-1-3-5-14/h1-12H,13H2,(H2,24,25,26,28). The molecule has 2 N–H and O–H groups in total. The Labute approximate surface area is 182 Å². The molecule has 0 aliphatic rings. The van der Waals surface area contributed by atoms with Gasteiger partial charge in [0.05, 0.1) is 10.7 Å². The molecule has 0 aliphatic heterocycles. The normalized spacial score (nSPS) is 10.2. The molecule has 0 radical (unpaired) electrons. The lowest BCUT2D eigenvalue weighted by atomic mass is 10.2. The minimum Gasteiger partial charge on any atom is -0.489 e. The number of nitrogens with one attached hydrogen (secondary N) is 2. The maximum atomic E-state index is 12.4. The van der Waals surface area contributed by atoms with E-state index in [9.17, 15) is 4.79 Å². The van der Waals surface area contributed by atoms with Crippen LogP contribution in [0.1, 0.15) is 15.9 Å². The molecule has 28 heavy (non-hydrogen) atoms. The molecule has 0 aromatic heterocycles. The molecule has 1 amide bonds. The first-order chi connectivity index (χ1) is 13.5. The number of amides is 1. The largest absolute Gasteiger partial charge is 0.489 e. The topological polar surface area (TPSA) is 50.4 Å². The molecule has 0 fully saturated rings. The fourth-order valence-electron chi connectivity index (χ4n) is 2.36. The van der Waals surface area contributed by atoms with Crippen molar-refractivity contribution in [3.8, 4) is 5.75 Å². The van der Waals surface area contributed by atoms with Crippen LogP contribution in [-0.2, 0) is 6.61 Å². The lowest BCUT2D eigenvalue weighted by molar-refractivity contribution is 0.0977. The van der Waals surface area contributed by atoms with Crippen LogP contribution in [0.3, 0.4) is 0 Å². The van der Waals surface area contributed by atoms with Gasteiger partial charge in [-0.2, -0.15) is 0 Å². The van der Waals surface area contributed by atoms with E-state index in [1.165, 1.54) is 0 Å². The molecule has 7 heteroatoms. The number of carbonyl (C=O) groups excluding carboxylic acids is 1. The predicted molar refractivity (Wildman–Crippen MR) is 120 cm³/mol. The summed E-state index contributed by atoms with van der Waals surface area (Å²) in [6.45, 7) is 0.467. The van der Waals surface area contributed by atoms with Gasteiger partial charge >= 0.3 is 0 Å². The molecule has 0 unspecified atom stereocenters. The Morgan fingerprint density at radius 1 is 1.04 bits per heavy atom. The molecule has 142 valence electrons. The number of benzene rings is 3. The molecule has 3 aromatic carbocycles. The molecular weight excluding hydrogens is 460 g/mol. The van der Waals surface area contributed by atoms with E-state index < -0.39 is 0 Å². The third-order valence-corrected chi connectivity index (χ3v) is 4.78. The number of anilines is 1. The smallest absolute Gasteiger partial charge is 0.257 e. The van der Waals surface area contributed by atoms with Gasteiger partial charge in [0, 0.05) is 10.0 Å². The summed E-state index contributed by atoms with van der Waals surface area (Å²) in [6.07, 6.45) is 0. The van der Waals surface area contributed by atoms with Gasteiger partial charge in [-0.25, -0.2) is 0 Å². The van der Waals surface area contributed by atoms with E-state index >= 15 is 0 Å². The van der Waals surface area contributed by atoms with Gasteiger partial charge in [0.2, 0.25) is 0 Å². The quantitative estimate of drug-likeness (QED) is 0.457. The van der Waals surface area contributed by atoms with Crippen LogP contribution in [0.25, 0.3) is 0 Å². The zero-order chi connectivity index (χ0) is 19.9. The summed E-state index contributed by atoms with van der Waals surface area (Å²) in [5.41, 5.74) is 2.16. The maximum absolute atomic E-state index is 12.4. The van der Waals surface area contributed by atoms with Gasteiger partial charge in [-0.1, -0.05) is 57.9 Å². The van der Waals surface area contributed by atoms with Gasteiger partial charge in [-0.15, -0.1) is 0 Å². The summed E-state index contributed by atoms with van der Waals surface area (Å²) in [4.78, 5) is 12.4. The highest BCUT2D eigenvalue weighted by molar-refractivity contribution is 9.10. The van der Waals surface area contributed by atoms with Crippen LogP contribution in [-0.4, -0.2) is 11.0 Å². The van der Waals surface area contributed by atoms with Crippen LogP contribution in [0, 0.1) is 0 Å². The van der Waals surface area contributed by atoms with Gasteiger partial charge in [0.15, 0.2) is 5.11 Å². The first-order valence-corrected chi connectivity index (χ1v) is 9.93. The van der Waals surface area contributed by atoms with Crippen molar-refractivity contribution in [2.24, 2.45) is 0 Å². The second-order valence-electron chi connectivity index (χ2n) is 5.83. The molecule has 0 atom stereocenters. The monoisotopic (exact) mass is 474 g/mol.